The number of carboxylic acid groups (broad SMARTS) is 1. The Morgan fingerprint density at radius 2 is 1.89 bits per heavy atom. The molecule has 2 N–H and O–H groups in total. The molecule has 0 saturated heterocycles. The van der Waals surface area contributed by atoms with E-state index in [0.29, 0.717) is 12.3 Å². The van der Waals surface area contributed by atoms with Crippen LogP contribution in [0.1, 0.15) is 58.8 Å². The molecule has 1 aliphatic carbocycles. The molecule has 0 bridgehead atoms. The maximum absolute atomic E-state index is 12.0. The van der Waals surface area contributed by atoms with E-state index in [1.165, 1.54) is 0 Å². The Balaban J connectivity index is 2.42. The van der Waals surface area contributed by atoms with Crippen LogP contribution in [0.15, 0.2) is 0 Å². The van der Waals surface area contributed by atoms with Crippen LogP contribution >= 0.6 is 0 Å². The quantitative estimate of drug-likeness (QED) is 0.766. The van der Waals surface area contributed by atoms with Gasteiger partial charge in [0.05, 0.1) is 0 Å². The minimum absolute atomic E-state index is 0.0182. The molecule has 0 aromatic rings. The first kappa shape index (κ1) is 15.0. The van der Waals surface area contributed by atoms with E-state index >= 15 is 0 Å². The molecule has 1 rings (SSSR count). The molecule has 0 aromatic heterocycles. The monoisotopic (exact) mass is 255 g/mol. The van der Waals surface area contributed by atoms with E-state index in [1.54, 1.807) is 0 Å². The Morgan fingerprint density at radius 1 is 1.28 bits per heavy atom. The lowest BCUT2D eigenvalue weighted by Crippen LogP contribution is -2.44. The van der Waals surface area contributed by atoms with E-state index in [2.05, 4.69) is 12.2 Å². The van der Waals surface area contributed by atoms with Crippen molar-refractivity contribution in [3.8, 4) is 0 Å². The molecule has 1 amide bonds. The van der Waals surface area contributed by atoms with Gasteiger partial charge in [0.1, 0.15) is 6.04 Å². The van der Waals surface area contributed by atoms with Gasteiger partial charge in [-0.15, -0.1) is 0 Å². The van der Waals surface area contributed by atoms with Crippen LogP contribution < -0.4 is 5.32 Å². The zero-order chi connectivity index (χ0) is 13.5. The molecule has 0 heterocycles. The van der Waals surface area contributed by atoms with Gasteiger partial charge in [-0.05, 0) is 38.0 Å². The van der Waals surface area contributed by atoms with Crippen LogP contribution in [0.4, 0.5) is 0 Å². The largest absolute Gasteiger partial charge is 0.480 e. The highest BCUT2D eigenvalue weighted by Crippen LogP contribution is 2.28. The highest BCUT2D eigenvalue weighted by atomic mass is 16.4. The van der Waals surface area contributed by atoms with Crippen LogP contribution in [0.25, 0.3) is 0 Å². The van der Waals surface area contributed by atoms with Crippen molar-refractivity contribution in [3.05, 3.63) is 0 Å². The second-order valence-corrected chi connectivity index (χ2v) is 5.50. The van der Waals surface area contributed by atoms with Gasteiger partial charge in [-0.2, -0.15) is 0 Å². The van der Waals surface area contributed by atoms with Crippen LogP contribution in [-0.4, -0.2) is 23.0 Å². The maximum Gasteiger partial charge on any atom is 0.326 e. The topological polar surface area (TPSA) is 66.4 Å². The number of hydrogen-bond donors (Lipinski definition) is 2. The van der Waals surface area contributed by atoms with Crippen molar-refractivity contribution in [1.82, 2.24) is 5.32 Å². The van der Waals surface area contributed by atoms with Gasteiger partial charge in [0, 0.05) is 5.92 Å². The Kier molecular flexibility index (Phi) is 6.16. The molecule has 1 atom stereocenters. The molecule has 0 spiro atoms. The third-order valence-electron chi connectivity index (χ3n) is 3.85. The zero-order valence-electron chi connectivity index (χ0n) is 11.4. The molecule has 1 aliphatic rings. The molecular formula is C14H25NO3. The smallest absolute Gasteiger partial charge is 0.326 e. The molecule has 18 heavy (non-hydrogen) atoms. The number of carbonyl (C=O) groups is 2. The van der Waals surface area contributed by atoms with Crippen molar-refractivity contribution in [2.75, 3.05) is 0 Å². The van der Waals surface area contributed by atoms with Gasteiger partial charge >= 0.3 is 5.97 Å². The van der Waals surface area contributed by atoms with Crippen molar-refractivity contribution < 1.29 is 14.7 Å². The van der Waals surface area contributed by atoms with Gasteiger partial charge in [0.2, 0.25) is 5.91 Å². The Hall–Kier alpha value is -1.06. The number of rotatable bonds is 6. The number of carboxylic acids is 1. The van der Waals surface area contributed by atoms with Crippen molar-refractivity contribution >= 4 is 11.9 Å². The zero-order valence-corrected chi connectivity index (χ0v) is 11.4. The predicted octanol–water partition coefficient (Wildman–Crippen LogP) is 2.57. The fourth-order valence-corrected chi connectivity index (χ4v) is 2.48. The average molecular weight is 255 g/mol. The van der Waals surface area contributed by atoms with Gasteiger partial charge < -0.3 is 10.4 Å². The minimum Gasteiger partial charge on any atom is -0.480 e. The lowest BCUT2D eigenvalue weighted by Gasteiger charge is -2.26. The lowest BCUT2D eigenvalue weighted by atomic mass is 9.82. The second-order valence-electron chi connectivity index (χ2n) is 5.50. The number of aliphatic carboxylic acids is 1. The van der Waals surface area contributed by atoms with E-state index in [-0.39, 0.29) is 11.8 Å². The minimum atomic E-state index is -0.916. The molecule has 0 radical (unpaired) electrons. The Bertz CT molecular complexity index is 283. The SMILES string of the molecule is CCCC[C@H](NC(=O)C1CCC(C)CC1)C(=O)O. The predicted molar refractivity (Wildman–Crippen MR) is 70.2 cm³/mol. The lowest BCUT2D eigenvalue weighted by molar-refractivity contribution is -0.143. The fraction of sp³-hybridized carbons (Fsp3) is 0.857. The van der Waals surface area contributed by atoms with Gasteiger partial charge in [-0.3, -0.25) is 4.79 Å². The van der Waals surface area contributed by atoms with Crippen molar-refractivity contribution in [2.45, 2.75) is 64.8 Å². The summed E-state index contributed by atoms with van der Waals surface area (Å²) in [5.74, 6) is -0.263. The fourth-order valence-electron chi connectivity index (χ4n) is 2.48. The Labute approximate surface area is 109 Å². The Morgan fingerprint density at radius 3 is 2.39 bits per heavy atom. The van der Waals surface area contributed by atoms with Gasteiger partial charge in [0.15, 0.2) is 0 Å². The molecular weight excluding hydrogens is 230 g/mol. The van der Waals surface area contributed by atoms with Crippen LogP contribution in [0.2, 0.25) is 0 Å². The van der Waals surface area contributed by atoms with Crippen LogP contribution in [0, 0.1) is 11.8 Å². The third kappa shape index (κ3) is 4.67. The highest BCUT2D eigenvalue weighted by molar-refractivity contribution is 5.84. The number of unbranched alkanes of at least 4 members (excludes halogenated alkanes) is 1. The van der Waals surface area contributed by atoms with E-state index in [9.17, 15) is 9.59 Å². The van der Waals surface area contributed by atoms with E-state index in [0.717, 1.165) is 38.5 Å². The summed E-state index contributed by atoms with van der Waals surface area (Å²) < 4.78 is 0. The summed E-state index contributed by atoms with van der Waals surface area (Å²) >= 11 is 0. The van der Waals surface area contributed by atoms with Crippen molar-refractivity contribution in [1.29, 1.82) is 0 Å². The molecule has 4 heteroatoms. The summed E-state index contributed by atoms with van der Waals surface area (Å²) in [6.07, 6.45) is 6.25. The molecule has 0 aliphatic heterocycles. The van der Waals surface area contributed by atoms with E-state index in [1.807, 2.05) is 6.92 Å². The highest BCUT2D eigenvalue weighted by Gasteiger charge is 2.27. The van der Waals surface area contributed by atoms with Crippen LogP contribution in [0.5, 0.6) is 0 Å². The summed E-state index contributed by atoms with van der Waals surface area (Å²) in [5, 5.41) is 11.8. The van der Waals surface area contributed by atoms with Gasteiger partial charge in [-0.1, -0.05) is 26.7 Å². The summed E-state index contributed by atoms with van der Waals surface area (Å²) in [7, 11) is 0. The molecule has 1 fully saturated rings. The number of nitrogens with one attached hydrogen (secondary N) is 1. The molecule has 104 valence electrons. The molecule has 0 aromatic carbocycles. The summed E-state index contributed by atoms with van der Waals surface area (Å²) in [5.41, 5.74) is 0. The molecule has 1 saturated carbocycles. The average Bonchev–Trinajstić information content (AvgIpc) is 2.34. The maximum atomic E-state index is 12.0. The first-order valence-corrected chi connectivity index (χ1v) is 7.07. The van der Waals surface area contributed by atoms with Crippen molar-refractivity contribution in [3.63, 3.8) is 0 Å². The molecule has 4 nitrogen and oxygen atoms in total. The van der Waals surface area contributed by atoms with E-state index < -0.39 is 12.0 Å². The molecule has 0 unspecified atom stereocenters. The number of amides is 1. The summed E-state index contributed by atoms with van der Waals surface area (Å²) in [6, 6.07) is -0.711. The second kappa shape index (κ2) is 7.39. The third-order valence-corrected chi connectivity index (χ3v) is 3.85. The summed E-state index contributed by atoms with van der Waals surface area (Å²) in [4.78, 5) is 23.1. The first-order chi connectivity index (χ1) is 8.54. The normalized spacial score (nSPS) is 25.4. The van der Waals surface area contributed by atoms with Crippen molar-refractivity contribution in [2.24, 2.45) is 11.8 Å². The number of hydrogen-bond acceptors (Lipinski definition) is 2. The van der Waals surface area contributed by atoms with Crippen LogP contribution in [0.3, 0.4) is 0 Å². The number of carbonyl (C=O) groups excluding carboxylic acids is 1. The first-order valence-electron chi connectivity index (χ1n) is 7.07. The summed E-state index contributed by atoms with van der Waals surface area (Å²) in [6.45, 7) is 4.22. The standard InChI is InChI=1S/C14H25NO3/c1-3-4-5-12(14(17)18)15-13(16)11-8-6-10(2)7-9-11/h10-12H,3-9H2,1-2H3,(H,15,16)(H,17,18)/t10?,11?,12-/m0/s1. The van der Waals surface area contributed by atoms with E-state index in [4.69, 9.17) is 5.11 Å². The van der Waals surface area contributed by atoms with Crippen LogP contribution in [-0.2, 0) is 9.59 Å². The van der Waals surface area contributed by atoms with Gasteiger partial charge in [-0.25, -0.2) is 4.79 Å². The van der Waals surface area contributed by atoms with Gasteiger partial charge in [0.25, 0.3) is 0 Å².